The molecule has 1 saturated heterocycles. The molecule has 1 aliphatic heterocycles. The Balaban J connectivity index is 1.44. The second kappa shape index (κ2) is 8.48. The number of carbonyl (C=O) groups excluding carboxylic acids is 1. The third kappa shape index (κ3) is 4.59. The summed E-state index contributed by atoms with van der Waals surface area (Å²) in [6.07, 6.45) is 3.02. The van der Waals surface area contributed by atoms with Gasteiger partial charge in [0, 0.05) is 25.2 Å². The van der Waals surface area contributed by atoms with Crippen LogP contribution >= 0.6 is 0 Å². The number of amides is 1. The minimum absolute atomic E-state index is 0.000667. The molecule has 0 aliphatic carbocycles. The average Bonchev–Trinajstić information content (AvgIpc) is 3.42. The molecule has 10 heteroatoms. The number of hydrogen-bond acceptors (Lipinski definition) is 6. The number of nitrogens with one attached hydrogen (secondary N) is 1. The zero-order valence-electron chi connectivity index (χ0n) is 16.7. The molecule has 0 radical (unpaired) electrons. The fourth-order valence-corrected chi connectivity index (χ4v) is 4.91. The summed E-state index contributed by atoms with van der Waals surface area (Å²) in [5.74, 6) is -0.232. The van der Waals surface area contributed by atoms with Gasteiger partial charge in [0.2, 0.25) is 15.9 Å². The van der Waals surface area contributed by atoms with Gasteiger partial charge in [-0.1, -0.05) is 0 Å². The molecule has 3 aromatic rings. The lowest BCUT2D eigenvalue weighted by Gasteiger charge is -2.14. The third-order valence-electron chi connectivity index (χ3n) is 4.81. The van der Waals surface area contributed by atoms with Crippen molar-refractivity contribution in [3.63, 3.8) is 0 Å². The third-order valence-corrected chi connectivity index (χ3v) is 6.82. The number of rotatable bonds is 6. The van der Waals surface area contributed by atoms with Crippen LogP contribution in [0.5, 0.6) is 11.6 Å². The lowest BCUT2D eigenvalue weighted by Crippen LogP contribution is -2.28. The maximum Gasteiger partial charge on any atom is 0.291 e. The molecule has 2 aromatic heterocycles. The predicted octanol–water partition coefficient (Wildman–Crippen LogP) is 3.95. The van der Waals surface area contributed by atoms with Gasteiger partial charge in [0.05, 0.1) is 11.9 Å². The Morgan fingerprint density at radius 2 is 1.87 bits per heavy atom. The highest BCUT2D eigenvalue weighted by Gasteiger charge is 2.31. The first-order valence-corrected chi connectivity index (χ1v) is 11.1. The molecule has 1 amide bonds. The van der Waals surface area contributed by atoms with Gasteiger partial charge in [-0.25, -0.2) is 17.8 Å². The van der Waals surface area contributed by atoms with Gasteiger partial charge in [-0.3, -0.25) is 4.79 Å². The average molecular weight is 445 g/mol. The van der Waals surface area contributed by atoms with Crippen molar-refractivity contribution in [3.8, 4) is 11.6 Å². The van der Waals surface area contributed by atoms with Crippen LogP contribution in [0.15, 0.2) is 58.0 Å². The minimum atomic E-state index is -3.69. The summed E-state index contributed by atoms with van der Waals surface area (Å²) >= 11 is 0. The Morgan fingerprint density at radius 3 is 2.52 bits per heavy atom. The van der Waals surface area contributed by atoms with E-state index in [1.54, 1.807) is 6.07 Å². The molecule has 1 fully saturated rings. The van der Waals surface area contributed by atoms with Crippen LogP contribution in [0, 0.1) is 12.7 Å². The van der Waals surface area contributed by atoms with E-state index in [0.717, 1.165) is 12.8 Å². The number of pyridine rings is 1. The first-order chi connectivity index (χ1) is 14.8. The SMILES string of the molecule is Cc1oc(C(=O)Nc2ccc(Oc3ccc(F)cc3)nc2)cc1S(=O)(=O)N1CCCC1. The number of ether oxygens (including phenoxy) is 1. The van der Waals surface area contributed by atoms with E-state index in [0.29, 0.717) is 24.5 Å². The van der Waals surface area contributed by atoms with Gasteiger partial charge < -0.3 is 14.5 Å². The molecule has 1 N–H and O–H groups in total. The topological polar surface area (TPSA) is 102 Å². The Morgan fingerprint density at radius 1 is 1.16 bits per heavy atom. The van der Waals surface area contributed by atoms with E-state index in [9.17, 15) is 17.6 Å². The van der Waals surface area contributed by atoms with Crippen molar-refractivity contribution in [2.45, 2.75) is 24.7 Å². The highest BCUT2D eigenvalue weighted by Crippen LogP contribution is 2.27. The zero-order chi connectivity index (χ0) is 22.0. The second-order valence-electron chi connectivity index (χ2n) is 7.04. The van der Waals surface area contributed by atoms with Crippen molar-refractivity contribution < 1.29 is 26.8 Å². The summed E-state index contributed by atoms with van der Waals surface area (Å²) in [7, 11) is -3.69. The number of aryl methyl sites for hydroxylation is 1. The van der Waals surface area contributed by atoms with Gasteiger partial charge in [-0.2, -0.15) is 4.31 Å². The van der Waals surface area contributed by atoms with E-state index in [2.05, 4.69) is 10.3 Å². The van der Waals surface area contributed by atoms with Crippen LogP contribution in [0.1, 0.15) is 29.2 Å². The van der Waals surface area contributed by atoms with Crippen molar-refractivity contribution in [3.05, 3.63) is 66.0 Å². The number of aromatic nitrogens is 1. The number of anilines is 1. The Kier molecular flexibility index (Phi) is 5.75. The minimum Gasteiger partial charge on any atom is -0.455 e. The summed E-state index contributed by atoms with van der Waals surface area (Å²) in [5, 5.41) is 2.61. The number of furan rings is 1. The summed E-state index contributed by atoms with van der Waals surface area (Å²) in [4.78, 5) is 16.6. The molecule has 0 saturated carbocycles. The van der Waals surface area contributed by atoms with Crippen molar-refractivity contribution in [2.24, 2.45) is 0 Å². The Hall–Kier alpha value is -3.24. The molecule has 0 unspecified atom stereocenters. The normalized spacial score (nSPS) is 14.5. The Bertz CT molecular complexity index is 1180. The lowest BCUT2D eigenvalue weighted by molar-refractivity contribution is 0.0995. The monoisotopic (exact) mass is 445 g/mol. The quantitative estimate of drug-likeness (QED) is 0.616. The maximum atomic E-state index is 13.0. The summed E-state index contributed by atoms with van der Waals surface area (Å²) in [6, 6.07) is 9.84. The number of benzene rings is 1. The molecule has 1 aliphatic rings. The summed E-state index contributed by atoms with van der Waals surface area (Å²) in [5.41, 5.74) is 0.370. The molecule has 31 heavy (non-hydrogen) atoms. The number of nitrogens with zero attached hydrogens (tertiary/aromatic N) is 2. The van der Waals surface area contributed by atoms with E-state index in [-0.39, 0.29) is 28.1 Å². The van der Waals surface area contributed by atoms with Gasteiger partial charge in [0.1, 0.15) is 22.2 Å². The van der Waals surface area contributed by atoms with Crippen molar-refractivity contribution in [2.75, 3.05) is 18.4 Å². The molecule has 8 nitrogen and oxygen atoms in total. The van der Waals surface area contributed by atoms with Crippen LogP contribution in [-0.2, 0) is 10.0 Å². The van der Waals surface area contributed by atoms with Crippen LogP contribution in [0.2, 0.25) is 0 Å². The van der Waals surface area contributed by atoms with E-state index < -0.39 is 15.9 Å². The molecule has 162 valence electrons. The van der Waals surface area contributed by atoms with Crippen LogP contribution < -0.4 is 10.1 Å². The van der Waals surface area contributed by atoms with E-state index in [1.807, 2.05) is 0 Å². The van der Waals surface area contributed by atoms with Crippen LogP contribution in [-0.4, -0.2) is 36.7 Å². The number of sulfonamides is 1. The molecule has 0 spiro atoms. The van der Waals surface area contributed by atoms with Crippen LogP contribution in [0.25, 0.3) is 0 Å². The molecule has 1 aromatic carbocycles. The predicted molar refractivity (Wildman–Crippen MR) is 110 cm³/mol. The molecule has 3 heterocycles. The summed E-state index contributed by atoms with van der Waals surface area (Å²) in [6.45, 7) is 2.45. The fraction of sp³-hybridized carbons (Fsp3) is 0.238. The van der Waals surface area contributed by atoms with Crippen molar-refractivity contribution in [1.82, 2.24) is 9.29 Å². The standard InChI is InChI=1S/C21H20FN3O5S/c1-14-19(31(27,28)25-10-2-3-11-25)12-18(29-14)21(26)24-16-6-9-20(23-13-16)30-17-7-4-15(22)5-8-17/h4-9,12-13H,2-3,10-11H2,1H3,(H,24,26). The van der Waals surface area contributed by atoms with Gasteiger partial charge in [0.25, 0.3) is 5.91 Å². The van der Waals surface area contributed by atoms with E-state index >= 15 is 0 Å². The lowest BCUT2D eigenvalue weighted by atomic mass is 10.3. The molecule has 0 bridgehead atoms. The second-order valence-corrected chi connectivity index (χ2v) is 8.94. The highest BCUT2D eigenvalue weighted by atomic mass is 32.2. The van der Waals surface area contributed by atoms with Crippen molar-refractivity contribution >= 4 is 21.6 Å². The van der Waals surface area contributed by atoms with Gasteiger partial charge >= 0.3 is 0 Å². The fourth-order valence-electron chi connectivity index (χ4n) is 3.23. The largest absolute Gasteiger partial charge is 0.455 e. The zero-order valence-corrected chi connectivity index (χ0v) is 17.5. The molecular formula is C21H20FN3O5S. The smallest absolute Gasteiger partial charge is 0.291 e. The molecule has 0 atom stereocenters. The molecule has 4 rings (SSSR count). The van der Waals surface area contributed by atoms with Crippen LogP contribution in [0.3, 0.4) is 0 Å². The van der Waals surface area contributed by atoms with Crippen LogP contribution in [0.4, 0.5) is 10.1 Å². The van der Waals surface area contributed by atoms with E-state index in [1.165, 1.54) is 53.8 Å². The van der Waals surface area contributed by atoms with E-state index in [4.69, 9.17) is 9.15 Å². The molecular weight excluding hydrogens is 425 g/mol. The Labute approximate surface area is 178 Å². The summed E-state index contributed by atoms with van der Waals surface area (Å²) < 4.78 is 50.8. The number of hydrogen-bond donors (Lipinski definition) is 1. The first kappa shape index (κ1) is 21.0. The van der Waals surface area contributed by atoms with Gasteiger partial charge in [-0.15, -0.1) is 0 Å². The number of carbonyl (C=O) groups is 1. The van der Waals surface area contributed by atoms with Gasteiger partial charge in [0.15, 0.2) is 5.76 Å². The number of halogens is 1. The highest BCUT2D eigenvalue weighted by molar-refractivity contribution is 7.89. The van der Waals surface area contributed by atoms with Crippen molar-refractivity contribution in [1.29, 1.82) is 0 Å². The van der Waals surface area contributed by atoms with Gasteiger partial charge in [-0.05, 0) is 50.1 Å². The first-order valence-electron chi connectivity index (χ1n) is 9.64. The maximum absolute atomic E-state index is 13.0.